The van der Waals surface area contributed by atoms with Gasteiger partial charge in [0.15, 0.2) is 0 Å². The van der Waals surface area contributed by atoms with Gasteiger partial charge in [0.1, 0.15) is 6.10 Å². The van der Waals surface area contributed by atoms with Gasteiger partial charge >= 0.3 is 5.97 Å². The van der Waals surface area contributed by atoms with Crippen LogP contribution in [0, 0.1) is 0 Å². The maximum atomic E-state index is 10.5. The molecule has 1 aliphatic rings. The molecular weight excluding hydrogens is 128 g/mol. The third-order valence-electron chi connectivity index (χ3n) is 1.38. The lowest BCUT2D eigenvalue weighted by atomic mass is 10.2. The summed E-state index contributed by atoms with van der Waals surface area (Å²) >= 11 is 0. The van der Waals surface area contributed by atoms with Crippen molar-refractivity contribution in [2.75, 3.05) is 0 Å². The predicted octanol–water partition coefficient (Wildman–Crippen LogP) is 1.43. The fourth-order valence-corrected chi connectivity index (χ4v) is 0.885. The average Bonchev–Trinajstić information content (AvgIpc) is 2.31. The van der Waals surface area contributed by atoms with Crippen molar-refractivity contribution in [1.29, 1.82) is 0 Å². The zero-order valence-corrected chi connectivity index (χ0v) is 5.75. The van der Waals surface area contributed by atoms with Gasteiger partial charge in [0.25, 0.3) is 0 Å². The van der Waals surface area contributed by atoms with E-state index in [-0.39, 0.29) is 12.1 Å². The lowest BCUT2D eigenvalue weighted by molar-refractivity contribution is -0.139. The number of allylic oxidation sites excluding steroid dienone is 2. The molecule has 0 aromatic heterocycles. The van der Waals surface area contributed by atoms with Crippen molar-refractivity contribution in [1.82, 2.24) is 0 Å². The van der Waals surface area contributed by atoms with Crippen LogP contribution in [0.1, 0.15) is 12.8 Å². The molecule has 1 aliphatic heterocycles. The van der Waals surface area contributed by atoms with Gasteiger partial charge in [-0.3, -0.25) is 4.79 Å². The van der Waals surface area contributed by atoms with Crippen LogP contribution in [-0.2, 0) is 9.53 Å². The molecule has 1 heterocycles. The Labute approximate surface area is 60.2 Å². The minimum Gasteiger partial charge on any atom is -0.458 e. The van der Waals surface area contributed by atoms with Gasteiger partial charge in [0, 0.05) is 6.42 Å². The van der Waals surface area contributed by atoms with Gasteiger partial charge in [-0.05, 0) is 12.5 Å². The van der Waals surface area contributed by atoms with Gasteiger partial charge in [-0.25, -0.2) is 0 Å². The molecule has 0 saturated carbocycles. The molecule has 0 spiro atoms. The van der Waals surface area contributed by atoms with E-state index in [0.717, 1.165) is 6.42 Å². The van der Waals surface area contributed by atoms with Crippen molar-refractivity contribution >= 4 is 5.97 Å². The first kappa shape index (κ1) is 7.06. The SMILES string of the molecule is C=C/C=C\[C@@H]1CCC(=O)O1. The molecule has 0 aromatic rings. The van der Waals surface area contributed by atoms with Gasteiger partial charge in [0.2, 0.25) is 0 Å². The van der Waals surface area contributed by atoms with E-state index in [4.69, 9.17) is 4.74 Å². The van der Waals surface area contributed by atoms with Crippen LogP contribution >= 0.6 is 0 Å². The van der Waals surface area contributed by atoms with Gasteiger partial charge in [-0.1, -0.05) is 18.7 Å². The number of carbonyl (C=O) groups is 1. The van der Waals surface area contributed by atoms with Crippen molar-refractivity contribution in [3.8, 4) is 0 Å². The number of hydrogen-bond donors (Lipinski definition) is 0. The highest BCUT2D eigenvalue weighted by molar-refractivity contribution is 5.71. The Bertz CT molecular complexity index is 170. The van der Waals surface area contributed by atoms with Gasteiger partial charge in [0.05, 0.1) is 0 Å². The summed E-state index contributed by atoms with van der Waals surface area (Å²) in [6, 6.07) is 0. The molecule has 1 rings (SSSR count). The summed E-state index contributed by atoms with van der Waals surface area (Å²) in [6.45, 7) is 3.51. The first-order chi connectivity index (χ1) is 4.83. The summed E-state index contributed by atoms with van der Waals surface area (Å²) in [6.07, 6.45) is 6.66. The number of carbonyl (C=O) groups excluding carboxylic acids is 1. The fourth-order valence-electron chi connectivity index (χ4n) is 0.885. The summed E-state index contributed by atoms with van der Waals surface area (Å²) in [5, 5.41) is 0. The molecular formula is C8H10O2. The summed E-state index contributed by atoms with van der Waals surface area (Å²) in [5.41, 5.74) is 0. The molecule has 0 N–H and O–H groups in total. The van der Waals surface area contributed by atoms with Crippen LogP contribution < -0.4 is 0 Å². The van der Waals surface area contributed by atoms with E-state index in [0.29, 0.717) is 6.42 Å². The Morgan fingerprint density at radius 3 is 3.00 bits per heavy atom. The van der Waals surface area contributed by atoms with Crippen molar-refractivity contribution < 1.29 is 9.53 Å². The van der Waals surface area contributed by atoms with Crippen LogP contribution in [0.2, 0.25) is 0 Å². The van der Waals surface area contributed by atoms with E-state index in [1.165, 1.54) is 0 Å². The number of ether oxygens (including phenoxy) is 1. The quantitative estimate of drug-likeness (QED) is 0.426. The fraction of sp³-hybridized carbons (Fsp3) is 0.375. The van der Waals surface area contributed by atoms with Crippen molar-refractivity contribution in [3.05, 3.63) is 24.8 Å². The molecule has 1 atom stereocenters. The molecule has 0 radical (unpaired) electrons. The highest BCUT2D eigenvalue weighted by atomic mass is 16.5. The smallest absolute Gasteiger partial charge is 0.306 e. The molecule has 0 aromatic carbocycles. The molecule has 10 heavy (non-hydrogen) atoms. The standard InChI is InChI=1S/C8H10O2/c1-2-3-4-7-5-6-8(9)10-7/h2-4,7H,1,5-6H2/b4-3-/t7-/m1/s1. The second-order valence-corrected chi connectivity index (χ2v) is 2.19. The molecule has 0 amide bonds. The number of cyclic esters (lactones) is 1. The molecule has 1 saturated heterocycles. The summed E-state index contributed by atoms with van der Waals surface area (Å²) in [5.74, 6) is -0.0984. The molecule has 2 heteroatoms. The molecule has 54 valence electrons. The van der Waals surface area contributed by atoms with Crippen LogP contribution in [0.5, 0.6) is 0 Å². The monoisotopic (exact) mass is 138 g/mol. The van der Waals surface area contributed by atoms with Crippen LogP contribution in [0.15, 0.2) is 24.8 Å². The number of hydrogen-bond acceptors (Lipinski definition) is 2. The van der Waals surface area contributed by atoms with E-state index in [9.17, 15) is 4.79 Å². The van der Waals surface area contributed by atoms with Crippen LogP contribution in [-0.4, -0.2) is 12.1 Å². The Hall–Kier alpha value is -1.05. The Kier molecular flexibility index (Phi) is 2.26. The van der Waals surface area contributed by atoms with E-state index in [1.807, 2.05) is 6.08 Å². The largest absolute Gasteiger partial charge is 0.458 e. The molecule has 0 aliphatic carbocycles. The Morgan fingerprint density at radius 2 is 2.50 bits per heavy atom. The summed E-state index contributed by atoms with van der Waals surface area (Å²) in [7, 11) is 0. The van der Waals surface area contributed by atoms with Crippen molar-refractivity contribution in [2.24, 2.45) is 0 Å². The number of rotatable bonds is 2. The summed E-state index contributed by atoms with van der Waals surface area (Å²) in [4.78, 5) is 10.5. The van der Waals surface area contributed by atoms with Gasteiger partial charge in [-0.2, -0.15) is 0 Å². The van der Waals surface area contributed by atoms with Crippen molar-refractivity contribution in [2.45, 2.75) is 18.9 Å². The minimum atomic E-state index is -0.0984. The van der Waals surface area contributed by atoms with E-state index >= 15 is 0 Å². The molecule has 2 nitrogen and oxygen atoms in total. The van der Waals surface area contributed by atoms with Crippen LogP contribution in [0.25, 0.3) is 0 Å². The normalized spacial score (nSPS) is 25.2. The molecule has 0 unspecified atom stereocenters. The first-order valence-corrected chi connectivity index (χ1v) is 3.31. The van der Waals surface area contributed by atoms with E-state index in [1.54, 1.807) is 12.2 Å². The zero-order chi connectivity index (χ0) is 7.40. The third-order valence-corrected chi connectivity index (χ3v) is 1.38. The van der Waals surface area contributed by atoms with Crippen LogP contribution in [0.3, 0.4) is 0 Å². The average molecular weight is 138 g/mol. The maximum Gasteiger partial charge on any atom is 0.306 e. The summed E-state index contributed by atoms with van der Waals surface area (Å²) < 4.78 is 4.89. The lowest BCUT2D eigenvalue weighted by Gasteiger charge is -1.99. The predicted molar refractivity (Wildman–Crippen MR) is 38.5 cm³/mol. The Balaban J connectivity index is 2.37. The second kappa shape index (κ2) is 3.20. The zero-order valence-electron chi connectivity index (χ0n) is 5.75. The Morgan fingerprint density at radius 1 is 1.70 bits per heavy atom. The highest BCUT2D eigenvalue weighted by Crippen LogP contribution is 2.14. The molecule has 0 bridgehead atoms. The van der Waals surface area contributed by atoms with E-state index in [2.05, 4.69) is 6.58 Å². The number of esters is 1. The van der Waals surface area contributed by atoms with Gasteiger partial charge < -0.3 is 4.74 Å². The third kappa shape index (κ3) is 1.72. The minimum absolute atomic E-state index is 0.00880. The van der Waals surface area contributed by atoms with Gasteiger partial charge in [-0.15, -0.1) is 0 Å². The lowest BCUT2D eigenvalue weighted by Crippen LogP contribution is -2.01. The maximum absolute atomic E-state index is 10.5. The molecule has 1 fully saturated rings. The second-order valence-electron chi connectivity index (χ2n) is 2.19. The highest BCUT2D eigenvalue weighted by Gasteiger charge is 2.19. The van der Waals surface area contributed by atoms with E-state index < -0.39 is 0 Å². The topological polar surface area (TPSA) is 26.3 Å². The van der Waals surface area contributed by atoms with Crippen molar-refractivity contribution in [3.63, 3.8) is 0 Å². The first-order valence-electron chi connectivity index (χ1n) is 3.31. The van der Waals surface area contributed by atoms with Crippen LogP contribution in [0.4, 0.5) is 0 Å².